The van der Waals surface area contributed by atoms with Crippen LogP contribution in [0.1, 0.15) is 59.8 Å². The Balaban J connectivity index is 2.80. The highest BCUT2D eigenvalue weighted by molar-refractivity contribution is 5.84. The first-order valence-electron chi connectivity index (χ1n) is 7.90. The van der Waals surface area contributed by atoms with Crippen LogP contribution in [0, 0.1) is 5.92 Å². The van der Waals surface area contributed by atoms with Gasteiger partial charge in [0.15, 0.2) is 0 Å². The second kappa shape index (κ2) is 8.15. The first kappa shape index (κ1) is 18.5. The number of esters is 1. The molecule has 1 amide bonds. The fourth-order valence-corrected chi connectivity index (χ4v) is 2.55. The molecule has 6 heteroatoms. The van der Waals surface area contributed by atoms with E-state index in [9.17, 15) is 14.4 Å². The van der Waals surface area contributed by atoms with Gasteiger partial charge in [0.2, 0.25) is 0 Å². The second-order valence-electron chi connectivity index (χ2n) is 6.62. The zero-order valence-electron chi connectivity index (χ0n) is 13.9. The number of hydrogen-bond donors (Lipinski definition) is 1. The summed E-state index contributed by atoms with van der Waals surface area (Å²) in [6.45, 7) is 7.19. The number of carbonyl (C=O) groups is 3. The van der Waals surface area contributed by atoms with Crippen LogP contribution in [0.3, 0.4) is 0 Å². The van der Waals surface area contributed by atoms with Crippen molar-refractivity contribution in [3.8, 4) is 0 Å². The molecule has 0 bridgehead atoms. The largest absolute Gasteiger partial charge is 0.464 e. The first-order valence-corrected chi connectivity index (χ1v) is 7.90. The first-order chi connectivity index (χ1) is 10.2. The molecular weight excluding hydrogens is 286 g/mol. The van der Waals surface area contributed by atoms with Crippen molar-refractivity contribution in [1.29, 1.82) is 0 Å². The Bertz CT molecular complexity index is 413. The van der Waals surface area contributed by atoms with E-state index in [2.05, 4.69) is 5.32 Å². The summed E-state index contributed by atoms with van der Waals surface area (Å²) >= 11 is 0. The summed E-state index contributed by atoms with van der Waals surface area (Å²) in [6, 6.07) is -0.836. The Kier molecular flexibility index (Phi) is 6.84. The van der Waals surface area contributed by atoms with Gasteiger partial charge in [0.1, 0.15) is 17.4 Å². The maximum atomic E-state index is 12.2. The molecule has 0 aliphatic heterocycles. The van der Waals surface area contributed by atoms with Crippen LogP contribution in [0.15, 0.2) is 0 Å². The van der Waals surface area contributed by atoms with E-state index < -0.39 is 23.7 Å². The van der Waals surface area contributed by atoms with Crippen LogP contribution in [-0.4, -0.2) is 36.1 Å². The van der Waals surface area contributed by atoms with Crippen molar-refractivity contribution in [2.75, 3.05) is 6.61 Å². The zero-order chi connectivity index (χ0) is 16.8. The van der Waals surface area contributed by atoms with Crippen LogP contribution < -0.4 is 5.32 Å². The third-order valence-electron chi connectivity index (χ3n) is 3.45. The van der Waals surface area contributed by atoms with E-state index in [1.165, 1.54) is 0 Å². The van der Waals surface area contributed by atoms with Crippen LogP contribution >= 0.6 is 0 Å². The number of carbonyl (C=O) groups excluding carboxylic acids is 3. The van der Waals surface area contributed by atoms with Gasteiger partial charge in [0.05, 0.1) is 6.61 Å². The Morgan fingerprint density at radius 3 is 2.59 bits per heavy atom. The quantitative estimate of drug-likeness (QED) is 0.637. The second-order valence-corrected chi connectivity index (χ2v) is 6.62. The monoisotopic (exact) mass is 313 g/mol. The molecular formula is C16H27NO5. The summed E-state index contributed by atoms with van der Waals surface area (Å²) in [6.07, 6.45) is 2.57. The molecule has 126 valence electrons. The highest BCUT2D eigenvalue weighted by atomic mass is 16.6. The summed E-state index contributed by atoms with van der Waals surface area (Å²) in [5, 5.41) is 2.59. The molecule has 0 radical (unpaired) electrons. The van der Waals surface area contributed by atoms with Crippen molar-refractivity contribution < 1.29 is 23.9 Å². The van der Waals surface area contributed by atoms with Gasteiger partial charge in [-0.15, -0.1) is 0 Å². The van der Waals surface area contributed by atoms with Gasteiger partial charge in [-0.3, -0.25) is 4.79 Å². The van der Waals surface area contributed by atoms with Gasteiger partial charge in [-0.25, -0.2) is 9.59 Å². The van der Waals surface area contributed by atoms with Crippen LogP contribution in [0.4, 0.5) is 4.79 Å². The minimum absolute atomic E-state index is 0.128. The van der Waals surface area contributed by atoms with Crippen molar-refractivity contribution in [3.05, 3.63) is 0 Å². The summed E-state index contributed by atoms with van der Waals surface area (Å²) in [5.41, 5.74) is -0.650. The normalized spacial score (nSPS) is 20.7. The van der Waals surface area contributed by atoms with Crippen molar-refractivity contribution in [2.24, 2.45) is 5.92 Å². The molecule has 1 saturated carbocycles. The van der Waals surface area contributed by atoms with E-state index >= 15 is 0 Å². The maximum Gasteiger partial charge on any atom is 0.408 e. The van der Waals surface area contributed by atoms with E-state index in [0.29, 0.717) is 19.3 Å². The van der Waals surface area contributed by atoms with Gasteiger partial charge in [-0.1, -0.05) is 6.42 Å². The molecule has 0 aromatic carbocycles. The number of amides is 1. The molecule has 0 aromatic rings. The fraction of sp³-hybridized carbons (Fsp3) is 0.812. The summed E-state index contributed by atoms with van der Waals surface area (Å²) in [7, 11) is 0. The zero-order valence-corrected chi connectivity index (χ0v) is 13.9. The van der Waals surface area contributed by atoms with Gasteiger partial charge in [-0.2, -0.15) is 0 Å². The number of alkyl carbamates (subject to hydrolysis) is 1. The minimum Gasteiger partial charge on any atom is -0.464 e. The molecule has 0 spiro atoms. The highest BCUT2D eigenvalue weighted by Gasteiger charge is 2.34. The van der Waals surface area contributed by atoms with Gasteiger partial charge in [0, 0.05) is 12.8 Å². The van der Waals surface area contributed by atoms with Crippen molar-refractivity contribution in [2.45, 2.75) is 71.4 Å². The van der Waals surface area contributed by atoms with Crippen LogP contribution in [0.5, 0.6) is 0 Å². The molecule has 22 heavy (non-hydrogen) atoms. The predicted octanol–water partition coefficient (Wildman–Crippen LogP) is 2.59. The van der Waals surface area contributed by atoms with Crippen LogP contribution in [-0.2, 0) is 19.1 Å². The molecule has 1 aliphatic rings. The lowest BCUT2D eigenvalue weighted by atomic mass is 9.91. The Morgan fingerprint density at radius 1 is 1.32 bits per heavy atom. The fourth-order valence-electron chi connectivity index (χ4n) is 2.55. The van der Waals surface area contributed by atoms with E-state index in [1.807, 2.05) is 0 Å². The molecule has 0 aromatic heterocycles. The molecule has 1 unspecified atom stereocenters. The number of hydrogen-bond acceptors (Lipinski definition) is 5. The van der Waals surface area contributed by atoms with Crippen molar-refractivity contribution in [3.63, 3.8) is 0 Å². The number of nitrogens with one attached hydrogen (secondary N) is 1. The Morgan fingerprint density at radius 2 is 2.00 bits per heavy atom. The SMILES string of the molecule is CCOC(=O)C(NC(=O)OC(C)(C)C)[C@H]1CCCCC(=O)C1. The highest BCUT2D eigenvalue weighted by Crippen LogP contribution is 2.25. The van der Waals surface area contributed by atoms with Crippen LogP contribution in [0.2, 0.25) is 0 Å². The average molecular weight is 313 g/mol. The smallest absolute Gasteiger partial charge is 0.408 e. The predicted molar refractivity (Wildman–Crippen MR) is 81.4 cm³/mol. The number of ketones is 1. The maximum absolute atomic E-state index is 12.2. The lowest BCUT2D eigenvalue weighted by Crippen LogP contribution is -2.48. The Labute approximate surface area is 131 Å². The summed E-state index contributed by atoms with van der Waals surface area (Å²) in [4.78, 5) is 35.9. The van der Waals surface area contributed by atoms with Crippen molar-refractivity contribution >= 4 is 17.8 Å². The molecule has 1 rings (SSSR count). The minimum atomic E-state index is -0.836. The van der Waals surface area contributed by atoms with Gasteiger partial charge < -0.3 is 14.8 Å². The molecule has 0 saturated heterocycles. The standard InChI is InChI=1S/C16H27NO5/c1-5-21-14(19)13(17-15(20)22-16(2,3)4)11-8-6-7-9-12(18)10-11/h11,13H,5-10H2,1-4H3,(H,17,20)/t11-,13?/m0/s1. The average Bonchev–Trinajstić information content (AvgIpc) is 2.58. The molecule has 1 fully saturated rings. The molecule has 6 nitrogen and oxygen atoms in total. The van der Waals surface area contributed by atoms with E-state index in [1.54, 1.807) is 27.7 Å². The number of Topliss-reactive ketones (excluding diaryl/α,β-unsaturated/α-hetero) is 1. The lowest BCUT2D eigenvalue weighted by Gasteiger charge is -2.27. The van der Waals surface area contributed by atoms with E-state index in [0.717, 1.165) is 12.8 Å². The summed E-state index contributed by atoms with van der Waals surface area (Å²) in [5.74, 6) is -0.614. The Hall–Kier alpha value is -1.59. The van der Waals surface area contributed by atoms with Gasteiger partial charge in [-0.05, 0) is 46.5 Å². The number of rotatable bonds is 4. The van der Waals surface area contributed by atoms with Crippen LogP contribution in [0.25, 0.3) is 0 Å². The topological polar surface area (TPSA) is 81.7 Å². The number of ether oxygens (including phenoxy) is 2. The third-order valence-corrected chi connectivity index (χ3v) is 3.45. The lowest BCUT2D eigenvalue weighted by molar-refractivity contribution is -0.147. The van der Waals surface area contributed by atoms with E-state index in [4.69, 9.17) is 9.47 Å². The molecule has 2 atom stereocenters. The molecule has 1 aliphatic carbocycles. The van der Waals surface area contributed by atoms with Crippen molar-refractivity contribution in [1.82, 2.24) is 5.32 Å². The van der Waals surface area contributed by atoms with Gasteiger partial charge >= 0.3 is 12.1 Å². The third kappa shape index (κ3) is 6.45. The van der Waals surface area contributed by atoms with E-state index in [-0.39, 0.29) is 18.3 Å². The summed E-state index contributed by atoms with van der Waals surface area (Å²) < 4.78 is 10.2. The van der Waals surface area contributed by atoms with Gasteiger partial charge in [0.25, 0.3) is 0 Å². The molecule has 0 heterocycles. The molecule has 1 N–H and O–H groups in total.